The van der Waals surface area contributed by atoms with Crippen molar-refractivity contribution in [3.8, 4) is 11.5 Å². The quantitative estimate of drug-likeness (QED) is 0.911. The van der Waals surface area contributed by atoms with Crippen molar-refractivity contribution in [1.29, 1.82) is 0 Å². The van der Waals surface area contributed by atoms with Crippen LogP contribution < -0.4 is 14.8 Å². The van der Waals surface area contributed by atoms with Crippen LogP contribution in [0.2, 0.25) is 0 Å². The number of nitrogens with one attached hydrogen (secondary N) is 1. The van der Waals surface area contributed by atoms with Crippen LogP contribution in [-0.4, -0.2) is 11.7 Å². The number of rotatable bonds is 2. The highest BCUT2D eigenvalue weighted by Crippen LogP contribution is 2.46. The maximum absolute atomic E-state index is 12.0. The molecule has 2 aliphatic rings. The molecule has 0 bridgehead atoms. The topological polar surface area (TPSA) is 60.7 Å². The van der Waals surface area contributed by atoms with Crippen LogP contribution in [0.1, 0.15) is 42.5 Å². The molecule has 22 heavy (non-hydrogen) atoms. The fraction of sp³-hybridized carbons (Fsp3) is 0.353. The first-order valence-electron chi connectivity index (χ1n) is 7.60. The average molecular weight is 299 g/mol. The van der Waals surface area contributed by atoms with E-state index in [1.165, 1.54) is 18.9 Å². The summed E-state index contributed by atoms with van der Waals surface area (Å²) in [6.07, 6.45) is 8.20. The summed E-state index contributed by atoms with van der Waals surface area (Å²) in [5, 5.41) is 2.83. The zero-order chi connectivity index (χ0) is 15.0. The fourth-order valence-corrected chi connectivity index (χ4v) is 3.06. The van der Waals surface area contributed by atoms with Crippen molar-refractivity contribution >= 4 is 11.6 Å². The lowest BCUT2D eigenvalue weighted by molar-refractivity contribution is -0.105. The van der Waals surface area contributed by atoms with E-state index in [1.807, 2.05) is 18.2 Å². The Kier molecular flexibility index (Phi) is 3.06. The lowest BCUT2D eigenvalue weighted by Gasteiger charge is -2.31. The minimum Gasteiger partial charge on any atom is -0.472 e. The molecule has 0 saturated heterocycles. The molecule has 1 aromatic carbocycles. The van der Waals surface area contributed by atoms with E-state index in [2.05, 4.69) is 5.32 Å². The third-order valence-corrected chi connectivity index (χ3v) is 4.19. The van der Waals surface area contributed by atoms with Gasteiger partial charge in [0.25, 0.3) is 11.7 Å². The Morgan fingerprint density at radius 1 is 1.05 bits per heavy atom. The van der Waals surface area contributed by atoms with Gasteiger partial charge in [0.05, 0.1) is 11.8 Å². The summed E-state index contributed by atoms with van der Waals surface area (Å²) in [5.41, 5.74) is 1.17. The highest BCUT2D eigenvalue weighted by Gasteiger charge is 2.42. The van der Waals surface area contributed by atoms with E-state index in [0.717, 1.165) is 31.4 Å². The van der Waals surface area contributed by atoms with Gasteiger partial charge in [0.1, 0.15) is 6.26 Å². The maximum atomic E-state index is 12.0. The molecule has 5 nitrogen and oxygen atoms in total. The zero-order valence-electron chi connectivity index (χ0n) is 12.1. The Morgan fingerprint density at radius 3 is 2.64 bits per heavy atom. The van der Waals surface area contributed by atoms with Gasteiger partial charge in [-0.3, -0.25) is 4.79 Å². The lowest BCUT2D eigenvalue weighted by Crippen LogP contribution is -2.40. The molecule has 1 aliphatic heterocycles. The second-order valence-electron chi connectivity index (χ2n) is 5.80. The van der Waals surface area contributed by atoms with Crippen LogP contribution in [0.5, 0.6) is 11.5 Å². The lowest BCUT2D eigenvalue weighted by atomic mass is 9.94. The molecule has 1 saturated carbocycles. The summed E-state index contributed by atoms with van der Waals surface area (Å²) in [6, 6.07) is 7.11. The van der Waals surface area contributed by atoms with Crippen molar-refractivity contribution in [1.82, 2.24) is 0 Å². The average Bonchev–Trinajstić information content (AvgIpc) is 3.15. The van der Waals surface area contributed by atoms with Crippen LogP contribution in [0.3, 0.4) is 0 Å². The second kappa shape index (κ2) is 5.09. The molecule has 5 heteroatoms. The van der Waals surface area contributed by atoms with Crippen molar-refractivity contribution in [2.45, 2.75) is 37.9 Å². The van der Waals surface area contributed by atoms with Gasteiger partial charge < -0.3 is 19.2 Å². The Hall–Kier alpha value is -2.43. The Balaban J connectivity index is 1.52. The number of amides is 1. The minimum absolute atomic E-state index is 0.208. The number of hydrogen-bond donors (Lipinski definition) is 1. The van der Waals surface area contributed by atoms with Crippen LogP contribution >= 0.6 is 0 Å². The summed E-state index contributed by atoms with van der Waals surface area (Å²) < 4.78 is 17.0. The summed E-state index contributed by atoms with van der Waals surface area (Å²) >= 11 is 0. The molecule has 1 amide bonds. The van der Waals surface area contributed by atoms with E-state index in [0.29, 0.717) is 17.0 Å². The monoisotopic (exact) mass is 299 g/mol. The van der Waals surface area contributed by atoms with Crippen LogP contribution in [0.15, 0.2) is 41.2 Å². The molecule has 2 aromatic rings. The molecule has 1 aromatic heterocycles. The maximum Gasteiger partial charge on any atom is 0.258 e. The molecule has 1 spiro atoms. The van der Waals surface area contributed by atoms with E-state index in [-0.39, 0.29) is 5.91 Å². The number of carbonyl (C=O) groups is 1. The van der Waals surface area contributed by atoms with Gasteiger partial charge in [-0.05, 0) is 31.0 Å². The van der Waals surface area contributed by atoms with Gasteiger partial charge in [0.15, 0.2) is 11.5 Å². The van der Waals surface area contributed by atoms with Crippen LogP contribution in [0.4, 0.5) is 5.69 Å². The molecule has 0 radical (unpaired) electrons. The van der Waals surface area contributed by atoms with E-state index in [9.17, 15) is 4.79 Å². The Labute approximate surface area is 128 Å². The van der Waals surface area contributed by atoms with Crippen LogP contribution in [0.25, 0.3) is 0 Å². The second-order valence-corrected chi connectivity index (χ2v) is 5.80. The summed E-state index contributed by atoms with van der Waals surface area (Å²) in [4.78, 5) is 12.0. The number of ether oxygens (including phenoxy) is 2. The van der Waals surface area contributed by atoms with Crippen molar-refractivity contribution in [2.75, 3.05) is 5.32 Å². The summed E-state index contributed by atoms with van der Waals surface area (Å²) in [7, 11) is 0. The molecule has 0 unspecified atom stereocenters. The number of carbonyl (C=O) groups excluding carboxylic acids is 1. The first-order valence-corrected chi connectivity index (χ1v) is 7.60. The smallest absolute Gasteiger partial charge is 0.258 e. The van der Waals surface area contributed by atoms with Gasteiger partial charge >= 0.3 is 0 Å². The predicted octanol–water partition coefficient (Wildman–Crippen LogP) is 3.96. The molecule has 4 rings (SSSR count). The van der Waals surface area contributed by atoms with Crippen molar-refractivity contribution in [3.63, 3.8) is 0 Å². The SMILES string of the molecule is O=C(Nc1ccc2c(c1)OC1(CCCCC1)O2)c1ccoc1. The van der Waals surface area contributed by atoms with Gasteiger partial charge in [-0.2, -0.15) is 0 Å². The number of anilines is 1. The van der Waals surface area contributed by atoms with Crippen LogP contribution in [0, 0.1) is 0 Å². The van der Waals surface area contributed by atoms with Gasteiger partial charge in [0.2, 0.25) is 0 Å². The third-order valence-electron chi connectivity index (χ3n) is 4.19. The minimum atomic E-state index is -0.492. The van der Waals surface area contributed by atoms with E-state index in [4.69, 9.17) is 13.9 Å². The number of furan rings is 1. The molecule has 1 fully saturated rings. The first kappa shape index (κ1) is 13.2. The highest BCUT2D eigenvalue weighted by atomic mass is 16.7. The molecular weight excluding hydrogens is 282 g/mol. The van der Waals surface area contributed by atoms with Crippen molar-refractivity contribution in [3.05, 3.63) is 42.4 Å². The summed E-state index contributed by atoms with van der Waals surface area (Å²) in [5.74, 6) is 0.753. The highest BCUT2D eigenvalue weighted by molar-refractivity contribution is 6.04. The van der Waals surface area contributed by atoms with Crippen LogP contribution in [-0.2, 0) is 0 Å². The molecule has 0 atom stereocenters. The molecule has 1 N–H and O–H groups in total. The van der Waals surface area contributed by atoms with E-state index >= 15 is 0 Å². The number of benzene rings is 1. The summed E-state index contributed by atoms with van der Waals surface area (Å²) in [6.45, 7) is 0. The fourth-order valence-electron chi connectivity index (χ4n) is 3.06. The predicted molar refractivity (Wildman–Crippen MR) is 80.2 cm³/mol. The molecule has 2 heterocycles. The third kappa shape index (κ3) is 2.32. The number of fused-ring (bicyclic) bond motifs is 1. The molecule has 114 valence electrons. The normalized spacial score (nSPS) is 18.4. The Bertz CT molecular complexity index is 687. The Morgan fingerprint density at radius 2 is 1.86 bits per heavy atom. The number of hydrogen-bond acceptors (Lipinski definition) is 4. The van der Waals surface area contributed by atoms with Gasteiger partial charge in [-0.1, -0.05) is 6.42 Å². The molecule has 1 aliphatic carbocycles. The van der Waals surface area contributed by atoms with Crippen molar-refractivity contribution in [2.24, 2.45) is 0 Å². The van der Waals surface area contributed by atoms with Gasteiger partial charge in [-0.25, -0.2) is 0 Å². The molecular formula is C17H17NO4. The zero-order valence-corrected chi connectivity index (χ0v) is 12.1. The van der Waals surface area contributed by atoms with E-state index < -0.39 is 5.79 Å². The standard InChI is InChI=1S/C17H17NO4/c19-16(12-6-9-20-11-12)18-13-4-5-14-15(10-13)22-17(21-14)7-2-1-3-8-17/h4-6,9-11H,1-3,7-8H2,(H,18,19). The van der Waals surface area contributed by atoms with Crippen molar-refractivity contribution < 1.29 is 18.7 Å². The largest absolute Gasteiger partial charge is 0.472 e. The first-order chi connectivity index (χ1) is 10.7. The van der Waals surface area contributed by atoms with Gasteiger partial charge in [-0.15, -0.1) is 0 Å². The van der Waals surface area contributed by atoms with E-state index in [1.54, 1.807) is 6.07 Å². The van der Waals surface area contributed by atoms with Gasteiger partial charge in [0, 0.05) is 24.6 Å².